The highest BCUT2D eigenvalue weighted by molar-refractivity contribution is 5.93. The Bertz CT molecular complexity index is 648. The van der Waals surface area contributed by atoms with Crippen LogP contribution < -0.4 is 5.32 Å². The van der Waals surface area contributed by atoms with Crippen molar-refractivity contribution < 1.29 is 27.9 Å². The fourth-order valence-corrected chi connectivity index (χ4v) is 2.89. The summed E-state index contributed by atoms with van der Waals surface area (Å²) in [5.74, 6) is -2.40. The molecular weight excluding hydrogens is 327 g/mol. The van der Waals surface area contributed by atoms with Gasteiger partial charge in [-0.2, -0.15) is 18.3 Å². The van der Waals surface area contributed by atoms with Crippen molar-refractivity contribution in [1.82, 2.24) is 15.1 Å². The molecule has 2 aliphatic carbocycles. The lowest BCUT2D eigenvalue weighted by Crippen LogP contribution is -2.39. The number of aliphatic carboxylic acids is 1. The van der Waals surface area contributed by atoms with Crippen LogP contribution >= 0.6 is 0 Å². The zero-order chi connectivity index (χ0) is 17.5. The monoisotopic (exact) mass is 345 g/mol. The SMILES string of the molecule is O=C(NCC(C(=O)O)C1CCC1)c1cc(C(F)(F)F)nn1C1CC1. The van der Waals surface area contributed by atoms with Crippen LogP contribution in [0, 0.1) is 11.8 Å². The topological polar surface area (TPSA) is 84.2 Å². The number of nitrogens with zero attached hydrogens (tertiary/aromatic N) is 2. The first kappa shape index (κ1) is 16.8. The summed E-state index contributed by atoms with van der Waals surface area (Å²) >= 11 is 0. The Kier molecular flexibility index (Phi) is 4.27. The van der Waals surface area contributed by atoms with Gasteiger partial charge < -0.3 is 10.4 Å². The van der Waals surface area contributed by atoms with Gasteiger partial charge in [0.1, 0.15) is 5.69 Å². The van der Waals surface area contributed by atoms with Gasteiger partial charge in [0.15, 0.2) is 5.69 Å². The summed E-state index contributed by atoms with van der Waals surface area (Å²) in [7, 11) is 0. The summed E-state index contributed by atoms with van der Waals surface area (Å²) in [6, 6.07) is 0.538. The lowest BCUT2D eigenvalue weighted by atomic mass is 9.76. The number of hydrogen-bond donors (Lipinski definition) is 2. The summed E-state index contributed by atoms with van der Waals surface area (Å²) in [6.45, 7) is -0.0873. The fourth-order valence-electron chi connectivity index (χ4n) is 2.89. The van der Waals surface area contributed by atoms with Crippen molar-refractivity contribution in [3.63, 3.8) is 0 Å². The first-order valence-electron chi connectivity index (χ1n) is 7.95. The number of alkyl halides is 3. The Morgan fingerprint density at radius 2 is 2.00 bits per heavy atom. The molecule has 2 fully saturated rings. The number of carbonyl (C=O) groups excluding carboxylic acids is 1. The quantitative estimate of drug-likeness (QED) is 0.829. The molecule has 0 aliphatic heterocycles. The molecule has 132 valence electrons. The van der Waals surface area contributed by atoms with Gasteiger partial charge in [-0.1, -0.05) is 6.42 Å². The van der Waals surface area contributed by atoms with Crippen molar-refractivity contribution in [1.29, 1.82) is 0 Å². The van der Waals surface area contributed by atoms with Gasteiger partial charge in [-0.15, -0.1) is 0 Å². The van der Waals surface area contributed by atoms with Crippen molar-refractivity contribution in [3.8, 4) is 0 Å². The fraction of sp³-hybridized carbons (Fsp3) is 0.667. The predicted molar refractivity (Wildman–Crippen MR) is 76.3 cm³/mol. The minimum Gasteiger partial charge on any atom is -0.481 e. The highest BCUT2D eigenvalue weighted by atomic mass is 19.4. The molecule has 1 atom stereocenters. The van der Waals surface area contributed by atoms with Gasteiger partial charge in [-0.05, 0) is 31.6 Å². The molecule has 6 nitrogen and oxygen atoms in total. The van der Waals surface area contributed by atoms with Gasteiger partial charge in [-0.25, -0.2) is 0 Å². The maximum atomic E-state index is 12.8. The lowest BCUT2D eigenvalue weighted by Gasteiger charge is -2.31. The van der Waals surface area contributed by atoms with Gasteiger partial charge in [-0.3, -0.25) is 14.3 Å². The normalized spacial score (nSPS) is 19.6. The summed E-state index contributed by atoms with van der Waals surface area (Å²) in [4.78, 5) is 23.5. The van der Waals surface area contributed by atoms with Crippen LogP contribution in [0.4, 0.5) is 13.2 Å². The van der Waals surface area contributed by atoms with E-state index in [1.54, 1.807) is 0 Å². The average molecular weight is 345 g/mol. The molecule has 9 heteroatoms. The largest absolute Gasteiger partial charge is 0.481 e. The molecule has 1 amide bonds. The zero-order valence-corrected chi connectivity index (χ0v) is 12.8. The minimum atomic E-state index is -4.62. The second-order valence-electron chi connectivity index (χ2n) is 6.43. The van der Waals surface area contributed by atoms with Crippen molar-refractivity contribution in [2.24, 2.45) is 11.8 Å². The molecule has 2 N–H and O–H groups in total. The number of halogens is 3. The second-order valence-corrected chi connectivity index (χ2v) is 6.43. The summed E-state index contributed by atoms with van der Waals surface area (Å²) in [5, 5.41) is 15.2. The Morgan fingerprint density at radius 1 is 1.33 bits per heavy atom. The van der Waals surface area contributed by atoms with E-state index in [0.717, 1.165) is 30.0 Å². The van der Waals surface area contributed by atoms with Crippen molar-refractivity contribution in [2.75, 3.05) is 6.54 Å². The van der Waals surface area contributed by atoms with Crippen LogP contribution in [0.3, 0.4) is 0 Å². The van der Waals surface area contributed by atoms with E-state index in [2.05, 4.69) is 10.4 Å². The van der Waals surface area contributed by atoms with E-state index in [1.165, 1.54) is 0 Å². The first-order valence-corrected chi connectivity index (χ1v) is 7.95. The highest BCUT2D eigenvalue weighted by Gasteiger charge is 2.39. The zero-order valence-electron chi connectivity index (χ0n) is 12.8. The van der Waals surface area contributed by atoms with E-state index in [0.29, 0.717) is 12.8 Å². The van der Waals surface area contributed by atoms with Gasteiger partial charge in [0, 0.05) is 12.6 Å². The molecule has 24 heavy (non-hydrogen) atoms. The number of rotatable bonds is 6. The number of carboxylic acid groups (broad SMARTS) is 1. The molecule has 0 spiro atoms. The van der Waals surface area contributed by atoms with E-state index in [1.807, 2.05) is 0 Å². The number of carbonyl (C=O) groups is 2. The van der Waals surface area contributed by atoms with Crippen LogP contribution in [-0.4, -0.2) is 33.3 Å². The Morgan fingerprint density at radius 3 is 2.46 bits per heavy atom. The van der Waals surface area contributed by atoms with Crippen LogP contribution in [0.2, 0.25) is 0 Å². The molecule has 0 bridgehead atoms. The van der Waals surface area contributed by atoms with E-state index in [4.69, 9.17) is 0 Å². The number of amides is 1. The Labute approximate surface area is 136 Å². The number of hydrogen-bond acceptors (Lipinski definition) is 3. The smallest absolute Gasteiger partial charge is 0.435 e. The summed E-state index contributed by atoms with van der Waals surface area (Å²) in [5.41, 5.74) is -1.27. The summed E-state index contributed by atoms with van der Waals surface area (Å²) in [6.07, 6.45) is -0.704. The Hall–Kier alpha value is -2.06. The number of aromatic nitrogens is 2. The van der Waals surface area contributed by atoms with Gasteiger partial charge in [0.25, 0.3) is 5.91 Å². The molecule has 1 heterocycles. The minimum absolute atomic E-state index is 0.0156. The maximum Gasteiger partial charge on any atom is 0.435 e. The van der Waals surface area contributed by atoms with Crippen LogP contribution in [0.5, 0.6) is 0 Å². The van der Waals surface area contributed by atoms with Gasteiger partial charge in [0.2, 0.25) is 0 Å². The standard InChI is InChI=1S/C15H18F3N3O3/c16-15(17,18)12-6-11(21(20-12)9-4-5-9)13(22)19-7-10(14(23)24)8-2-1-3-8/h6,8-10H,1-5,7H2,(H,19,22)(H,23,24). The first-order chi connectivity index (χ1) is 11.3. The average Bonchev–Trinajstić information content (AvgIpc) is 3.17. The number of nitrogens with one attached hydrogen (secondary N) is 1. The van der Waals surface area contributed by atoms with Gasteiger partial charge >= 0.3 is 12.1 Å². The molecule has 1 unspecified atom stereocenters. The summed E-state index contributed by atoms with van der Waals surface area (Å²) < 4.78 is 39.6. The molecule has 1 aromatic rings. The number of carboxylic acids is 1. The van der Waals surface area contributed by atoms with Crippen LogP contribution in [0.15, 0.2) is 6.07 Å². The third-order valence-corrected chi connectivity index (χ3v) is 4.67. The molecule has 0 aromatic carbocycles. The van der Waals surface area contributed by atoms with E-state index in [9.17, 15) is 27.9 Å². The molecular formula is C15H18F3N3O3. The predicted octanol–water partition coefficient (Wildman–Crippen LogP) is 2.47. The van der Waals surface area contributed by atoms with Crippen molar-refractivity contribution >= 4 is 11.9 Å². The Balaban J connectivity index is 1.72. The van der Waals surface area contributed by atoms with E-state index in [-0.39, 0.29) is 24.2 Å². The van der Waals surface area contributed by atoms with Crippen molar-refractivity contribution in [3.05, 3.63) is 17.5 Å². The van der Waals surface area contributed by atoms with Crippen LogP contribution in [-0.2, 0) is 11.0 Å². The highest BCUT2D eigenvalue weighted by Crippen LogP contribution is 2.38. The van der Waals surface area contributed by atoms with Crippen LogP contribution in [0.1, 0.15) is 54.3 Å². The lowest BCUT2D eigenvalue weighted by molar-refractivity contribution is -0.144. The van der Waals surface area contributed by atoms with E-state index >= 15 is 0 Å². The van der Waals surface area contributed by atoms with E-state index < -0.39 is 29.7 Å². The molecule has 0 saturated heterocycles. The molecule has 2 saturated carbocycles. The third kappa shape index (κ3) is 3.39. The maximum absolute atomic E-state index is 12.8. The van der Waals surface area contributed by atoms with Crippen LogP contribution in [0.25, 0.3) is 0 Å². The molecule has 3 rings (SSSR count). The molecule has 2 aliphatic rings. The van der Waals surface area contributed by atoms with Gasteiger partial charge in [0.05, 0.1) is 12.0 Å². The second kappa shape index (κ2) is 6.10. The van der Waals surface area contributed by atoms with Crippen molar-refractivity contribution in [2.45, 2.75) is 44.3 Å². The third-order valence-electron chi connectivity index (χ3n) is 4.67. The molecule has 1 aromatic heterocycles. The molecule has 0 radical (unpaired) electrons.